The number of rotatable bonds is 8. The van der Waals surface area contributed by atoms with Gasteiger partial charge in [0.2, 0.25) is 0 Å². The van der Waals surface area contributed by atoms with Crippen molar-refractivity contribution in [2.24, 2.45) is 4.99 Å². The molecule has 0 heterocycles. The number of phenols is 1. The Hall–Kier alpha value is -2.41. The lowest BCUT2D eigenvalue weighted by Gasteiger charge is -2.14. The third kappa shape index (κ3) is 6.06. The standard InChI is InChI=1S/C20H26FN3O2S/c1-4-22-20(24-12-15-6-5-7-18(26-2)19(15)25)23-11-14-8-9-17(21)10-16(14)13-27-3/h5-10,25H,4,11-13H2,1-3H3,(H2,22,23,24). The van der Waals surface area contributed by atoms with E-state index in [0.717, 1.165) is 16.9 Å². The van der Waals surface area contributed by atoms with Crippen molar-refractivity contribution in [1.82, 2.24) is 10.6 Å². The zero-order valence-corrected chi connectivity index (χ0v) is 16.7. The summed E-state index contributed by atoms with van der Waals surface area (Å²) < 4.78 is 18.6. The maximum absolute atomic E-state index is 13.5. The number of halogens is 1. The smallest absolute Gasteiger partial charge is 0.191 e. The first-order valence-corrected chi connectivity index (χ1v) is 10.1. The zero-order chi connectivity index (χ0) is 19.6. The van der Waals surface area contributed by atoms with Crippen molar-refractivity contribution in [3.63, 3.8) is 0 Å². The Labute approximate surface area is 164 Å². The van der Waals surface area contributed by atoms with Crippen molar-refractivity contribution in [1.29, 1.82) is 0 Å². The van der Waals surface area contributed by atoms with E-state index < -0.39 is 0 Å². The van der Waals surface area contributed by atoms with Gasteiger partial charge in [0, 0.05) is 24.4 Å². The number of phenolic OH excluding ortho intramolecular Hbond substituents is 1. The molecule has 0 saturated heterocycles. The number of guanidine groups is 1. The number of aliphatic imine (C=N–C) groups is 1. The molecule has 0 unspecified atom stereocenters. The van der Waals surface area contributed by atoms with Gasteiger partial charge in [0.05, 0.1) is 13.7 Å². The van der Waals surface area contributed by atoms with E-state index in [9.17, 15) is 9.50 Å². The Balaban J connectivity index is 2.11. The second-order valence-corrected chi connectivity index (χ2v) is 6.73. The number of para-hydroxylation sites is 1. The Kier molecular flexibility index (Phi) is 8.26. The molecule has 0 spiro atoms. The summed E-state index contributed by atoms with van der Waals surface area (Å²) in [5, 5.41) is 16.6. The van der Waals surface area contributed by atoms with Crippen molar-refractivity contribution in [3.8, 4) is 11.5 Å². The lowest BCUT2D eigenvalue weighted by molar-refractivity contribution is 0.370. The summed E-state index contributed by atoms with van der Waals surface area (Å²) >= 11 is 1.65. The third-order valence-electron chi connectivity index (χ3n) is 3.97. The van der Waals surface area contributed by atoms with Gasteiger partial charge in [0.1, 0.15) is 5.82 Å². The topological polar surface area (TPSA) is 65.9 Å². The van der Waals surface area contributed by atoms with Crippen LogP contribution in [0.25, 0.3) is 0 Å². The van der Waals surface area contributed by atoms with Crippen LogP contribution in [0.3, 0.4) is 0 Å². The quantitative estimate of drug-likeness (QED) is 0.473. The molecule has 0 amide bonds. The molecule has 0 aliphatic carbocycles. The van der Waals surface area contributed by atoms with E-state index in [2.05, 4.69) is 15.6 Å². The van der Waals surface area contributed by atoms with Gasteiger partial charge in [-0.2, -0.15) is 11.8 Å². The molecule has 7 heteroatoms. The highest BCUT2D eigenvalue weighted by atomic mass is 32.2. The maximum atomic E-state index is 13.5. The molecule has 0 aromatic heterocycles. The highest BCUT2D eigenvalue weighted by Gasteiger charge is 2.08. The third-order valence-corrected chi connectivity index (χ3v) is 4.57. The molecular weight excluding hydrogens is 365 g/mol. The van der Waals surface area contributed by atoms with Crippen LogP contribution in [0.4, 0.5) is 4.39 Å². The molecule has 3 N–H and O–H groups in total. The Morgan fingerprint density at radius 1 is 1.19 bits per heavy atom. The monoisotopic (exact) mass is 391 g/mol. The maximum Gasteiger partial charge on any atom is 0.191 e. The number of benzene rings is 2. The fourth-order valence-electron chi connectivity index (χ4n) is 2.60. The lowest BCUT2D eigenvalue weighted by Crippen LogP contribution is -2.37. The Morgan fingerprint density at radius 3 is 2.70 bits per heavy atom. The van der Waals surface area contributed by atoms with Gasteiger partial charge in [-0.1, -0.05) is 18.2 Å². The molecule has 2 rings (SSSR count). The fraction of sp³-hybridized carbons (Fsp3) is 0.350. The summed E-state index contributed by atoms with van der Waals surface area (Å²) in [6, 6.07) is 10.2. The van der Waals surface area contributed by atoms with Crippen LogP contribution in [0.15, 0.2) is 41.4 Å². The highest BCUT2D eigenvalue weighted by molar-refractivity contribution is 7.97. The van der Waals surface area contributed by atoms with E-state index in [1.54, 1.807) is 30.0 Å². The van der Waals surface area contributed by atoms with Crippen LogP contribution in [0.1, 0.15) is 23.6 Å². The van der Waals surface area contributed by atoms with Crippen LogP contribution in [0, 0.1) is 5.82 Å². The Morgan fingerprint density at radius 2 is 2.00 bits per heavy atom. The van der Waals surface area contributed by atoms with Gasteiger partial charge >= 0.3 is 0 Å². The normalized spacial score (nSPS) is 11.3. The van der Waals surface area contributed by atoms with Crippen LogP contribution < -0.4 is 15.4 Å². The number of nitrogens with one attached hydrogen (secondary N) is 2. The molecule has 0 fully saturated rings. The zero-order valence-electron chi connectivity index (χ0n) is 15.9. The van der Waals surface area contributed by atoms with Crippen LogP contribution in [0.2, 0.25) is 0 Å². The summed E-state index contributed by atoms with van der Waals surface area (Å²) in [6.07, 6.45) is 1.99. The average molecular weight is 392 g/mol. The van der Waals surface area contributed by atoms with E-state index >= 15 is 0 Å². The first-order chi connectivity index (χ1) is 13.1. The largest absolute Gasteiger partial charge is 0.504 e. The summed E-state index contributed by atoms with van der Waals surface area (Å²) in [7, 11) is 1.52. The molecule has 0 radical (unpaired) electrons. The molecule has 5 nitrogen and oxygen atoms in total. The number of aromatic hydroxyl groups is 1. The van der Waals surface area contributed by atoms with Crippen molar-refractivity contribution in [2.45, 2.75) is 25.8 Å². The van der Waals surface area contributed by atoms with Gasteiger partial charge in [-0.3, -0.25) is 0 Å². The minimum atomic E-state index is -0.225. The van der Waals surface area contributed by atoms with Gasteiger partial charge < -0.3 is 20.5 Å². The number of hydrogen-bond acceptors (Lipinski definition) is 4. The molecule has 0 aliphatic rings. The van der Waals surface area contributed by atoms with Gasteiger partial charge in [-0.15, -0.1) is 0 Å². The van der Waals surface area contributed by atoms with Crippen molar-refractivity contribution < 1.29 is 14.2 Å². The summed E-state index contributed by atoms with van der Waals surface area (Å²) in [5.41, 5.74) is 2.67. The second kappa shape index (κ2) is 10.7. The van der Waals surface area contributed by atoms with E-state index in [1.165, 1.54) is 13.2 Å². The Bertz CT molecular complexity index is 784. The van der Waals surface area contributed by atoms with E-state index in [4.69, 9.17) is 4.74 Å². The molecule has 27 heavy (non-hydrogen) atoms. The fourth-order valence-corrected chi connectivity index (χ4v) is 3.18. The number of ether oxygens (including phenoxy) is 1. The molecule has 0 bridgehead atoms. The van der Waals surface area contributed by atoms with Gasteiger partial charge in [0.15, 0.2) is 17.5 Å². The highest BCUT2D eigenvalue weighted by Crippen LogP contribution is 2.29. The van der Waals surface area contributed by atoms with Crippen LogP contribution in [-0.2, 0) is 18.8 Å². The summed E-state index contributed by atoms with van der Waals surface area (Å²) in [4.78, 5) is 4.53. The van der Waals surface area contributed by atoms with E-state index in [1.807, 2.05) is 25.3 Å². The number of methoxy groups -OCH3 is 1. The summed E-state index contributed by atoms with van der Waals surface area (Å²) in [6.45, 7) is 3.53. The first-order valence-electron chi connectivity index (χ1n) is 8.72. The average Bonchev–Trinajstić information content (AvgIpc) is 2.66. The molecule has 0 aliphatic heterocycles. The molecule has 146 valence electrons. The lowest BCUT2D eigenvalue weighted by atomic mass is 10.1. The summed E-state index contributed by atoms with van der Waals surface area (Å²) in [5.74, 6) is 1.67. The number of hydrogen-bond donors (Lipinski definition) is 3. The minimum Gasteiger partial charge on any atom is -0.504 e. The van der Waals surface area contributed by atoms with Crippen molar-refractivity contribution in [2.75, 3.05) is 19.9 Å². The van der Waals surface area contributed by atoms with Crippen LogP contribution in [-0.4, -0.2) is 31.0 Å². The van der Waals surface area contributed by atoms with Crippen LogP contribution >= 0.6 is 11.8 Å². The number of thioether (sulfide) groups is 1. The second-order valence-electron chi connectivity index (χ2n) is 5.86. The predicted molar refractivity (Wildman–Crippen MR) is 110 cm³/mol. The van der Waals surface area contributed by atoms with Crippen molar-refractivity contribution >= 4 is 17.7 Å². The SMILES string of the molecule is CCNC(=NCc1cccc(OC)c1O)NCc1ccc(F)cc1CSC. The first kappa shape index (κ1) is 20.9. The number of nitrogens with zero attached hydrogens (tertiary/aromatic N) is 1. The van der Waals surface area contributed by atoms with Crippen LogP contribution in [0.5, 0.6) is 11.5 Å². The molecule has 0 atom stereocenters. The van der Waals surface area contributed by atoms with Gasteiger partial charge in [-0.05, 0) is 42.5 Å². The van der Waals surface area contributed by atoms with Gasteiger partial charge in [-0.25, -0.2) is 9.38 Å². The van der Waals surface area contributed by atoms with E-state index in [0.29, 0.717) is 36.9 Å². The van der Waals surface area contributed by atoms with Crippen molar-refractivity contribution in [3.05, 3.63) is 58.9 Å². The minimum absolute atomic E-state index is 0.0976. The van der Waals surface area contributed by atoms with E-state index in [-0.39, 0.29) is 11.6 Å². The molecule has 2 aromatic rings. The predicted octanol–water partition coefficient (Wildman–Crippen LogP) is 3.66. The molecule has 2 aromatic carbocycles. The molecular formula is C20H26FN3O2S. The van der Waals surface area contributed by atoms with Gasteiger partial charge in [0.25, 0.3) is 0 Å². The molecule has 0 saturated carbocycles.